The average molecular weight is 382 g/mol. The molecular weight excluding hydrogens is 363 g/mol. The van der Waals surface area contributed by atoms with Crippen LogP contribution in [0.3, 0.4) is 0 Å². The van der Waals surface area contributed by atoms with Gasteiger partial charge in [0.1, 0.15) is 18.2 Å². The van der Waals surface area contributed by atoms with E-state index in [4.69, 9.17) is 4.74 Å². The van der Waals surface area contributed by atoms with Crippen molar-refractivity contribution < 1.29 is 13.9 Å². The van der Waals surface area contributed by atoms with E-state index in [0.29, 0.717) is 17.9 Å². The lowest BCUT2D eigenvalue weighted by Gasteiger charge is -2.08. The minimum Gasteiger partial charge on any atom is -0.487 e. The summed E-state index contributed by atoms with van der Waals surface area (Å²) in [6.07, 6.45) is 3.14. The summed E-state index contributed by atoms with van der Waals surface area (Å²) < 4.78 is 19.0. The molecule has 1 heterocycles. The number of nitrogens with zero attached hydrogens (tertiary/aromatic N) is 1. The zero-order chi connectivity index (χ0) is 19.1. The average Bonchev–Trinajstić information content (AvgIpc) is 3.09. The third-order valence-corrected chi connectivity index (χ3v) is 4.55. The van der Waals surface area contributed by atoms with E-state index in [-0.39, 0.29) is 18.3 Å². The lowest BCUT2D eigenvalue weighted by Crippen LogP contribution is -2.20. The Labute approximate surface area is 161 Å². The highest BCUT2D eigenvalue weighted by molar-refractivity contribution is 7.09. The Bertz CT molecular complexity index is 953. The first-order valence-corrected chi connectivity index (χ1v) is 9.31. The number of para-hydroxylation sites is 1. The molecule has 1 amide bonds. The Morgan fingerprint density at radius 2 is 2.11 bits per heavy atom. The van der Waals surface area contributed by atoms with Gasteiger partial charge < -0.3 is 10.1 Å². The number of benzene rings is 2. The molecule has 0 radical (unpaired) electrons. The predicted octanol–water partition coefficient (Wildman–Crippen LogP) is 4.50. The Morgan fingerprint density at radius 3 is 2.89 bits per heavy atom. The molecule has 3 aromatic rings. The van der Waals surface area contributed by atoms with Crippen molar-refractivity contribution in [2.45, 2.75) is 20.1 Å². The predicted molar refractivity (Wildman–Crippen MR) is 105 cm³/mol. The summed E-state index contributed by atoms with van der Waals surface area (Å²) in [4.78, 5) is 16.4. The van der Waals surface area contributed by atoms with Gasteiger partial charge in [-0.3, -0.25) is 4.79 Å². The summed E-state index contributed by atoms with van der Waals surface area (Å²) in [6.45, 7) is 2.59. The van der Waals surface area contributed by atoms with Gasteiger partial charge >= 0.3 is 0 Å². The van der Waals surface area contributed by atoms with Crippen LogP contribution in [0.25, 0.3) is 6.08 Å². The molecule has 0 aliphatic heterocycles. The van der Waals surface area contributed by atoms with Gasteiger partial charge in [0.05, 0.1) is 10.7 Å². The quantitative estimate of drug-likeness (QED) is 0.612. The number of nitrogens with one attached hydrogen (secondary N) is 1. The molecule has 0 saturated carbocycles. The lowest BCUT2D eigenvalue weighted by molar-refractivity contribution is -0.116. The van der Waals surface area contributed by atoms with E-state index in [2.05, 4.69) is 10.3 Å². The second kappa shape index (κ2) is 9.09. The van der Waals surface area contributed by atoms with Crippen LogP contribution in [-0.2, 0) is 17.9 Å². The molecule has 138 valence electrons. The molecule has 6 heteroatoms. The zero-order valence-electron chi connectivity index (χ0n) is 14.8. The standard InChI is InChI=1S/C21H19FN2O2S/c1-15-24-19(14-27-15)13-26-20-8-3-2-6-17(20)9-10-21(25)23-12-16-5-4-7-18(22)11-16/h2-11,14H,12-13H2,1H3,(H,23,25). The van der Waals surface area contributed by atoms with Crippen molar-refractivity contribution in [1.82, 2.24) is 10.3 Å². The summed E-state index contributed by atoms with van der Waals surface area (Å²) in [5.74, 6) is 0.0974. The molecule has 4 nitrogen and oxygen atoms in total. The number of thiazole rings is 1. The van der Waals surface area contributed by atoms with Crippen molar-refractivity contribution in [2.75, 3.05) is 0 Å². The van der Waals surface area contributed by atoms with Crippen molar-refractivity contribution in [3.05, 3.63) is 87.6 Å². The van der Waals surface area contributed by atoms with E-state index < -0.39 is 0 Å². The van der Waals surface area contributed by atoms with Crippen LogP contribution in [0.4, 0.5) is 4.39 Å². The van der Waals surface area contributed by atoms with Gasteiger partial charge in [-0.25, -0.2) is 9.37 Å². The summed E-state index contributed by atoms with van der Waals surface area (Å²) in [7, 11) is 0. The van der Waals surface area contributed by atoms with Crippen LogP contribution in [0, 0.1) is 12.7 Å². The highest BCUT2D eigenvalue weighted by Crippen LogP contribution is 2.21. The second-order valence-electron chi connectivity index (χ2n) is 5.87. The van der Waals surface area contributed by atoms with Crippen LogP contribution in [0.15, 0.2) is 60.0 Å². The normalized spacial score (nSPS) is 10.9. The van der Waals surface area contributed by atoms with Crippen molar-refractivity contribution in [3.8, 4) is 5.75 Å². The second-order valence-corrected chi connectivity index (χ2v) is 6.93. The smallest absolute Gasteiger partial charge is 0.244 e. The summed E-state index contributed by atoms with van der Waals surface area (Å²) in [6, 6.07) is 13.6. The van der Waals surface area contributed by atoms with Crippen LogP contribution >= 0.6 is 11.3 Å². The molecule has 0 saturated heterocycles. The number of hydrogen-bond acceptors (Lipinski definition) is 4. The summed E-state index contributed by atoms with van der Waals surface area (Å²) >= 11 is 1.58. The zero-order valence-corrected chi connectivity index (χ0v) is 15.6. The molecule has 0 bridgehead atoms. The molecule has 3 rings (SSSR count). The van der Waals surface area contributed by atoms with Crippen molar-refractivity contribution in [1.29, 1.82) is 0 Å². The molecule has 1 aromatic heterocycles. The number of aryl methyl sites for hydroxylation is 1. The Balaban J connectivity index is 1.58. The van der Waals surface area contributed by atoms with Gasteiger partial charge in [0, 0.05) is 23.6 Å². The monoisotopic (exact) mass is 382 g/mol. The van der Waals surface area contributed by atoms with Gasteiger partial charge in [0.25, 0.3) is 0 Å². The van der Waals surface area contributed by atoms with Gasteiger partial charge in [0.2, 0.25) is 5.91 Å². The van der Waals surface area contributed by atoms with E-state index in [0.717, 1.165) is 16.3 Å². The molecule has 0 unspecified atom stereocenters. The third kappa shape index (κ3) is 5.76. The molecule has 27 heavy (non-hydrogen) atoms. The van der Waals surface area contributed by atoms with Crippen LogP contribution < -0.4 is 10.1 Å². The largest absolute Gasteiger partial charge is 0.487 e. The minimum absolute atomic E-state index is 0.260. The number of hydrogen-bond donors (Lipinski definition) is 1. The molecule has 0 aliphatic carbocycles. The first kappa shape index (κ1) is 18.8. The van der Waals surface area contributed by atoms with E-state index in [9.17, 15) is 9.18 Å². The number of carbonyl (C=O) groups is 1. The van der Waals surface area contributed by atoms with E-state index in [1.165, 1.54) is 18.2 Å². The van der Waals surface area contributed by atoms with E-state index in [1.54, 1.807) is 29.5 Å². The Morgan fingerprint density at radius 1 is 1.26 bits per heavy atom. The topological polar surface area (TPSA) is 51.2 Å². The first-order chi connectivity index (χ1) is 13.1. The number of rotatable bonds is 7. The minimum atomic E-state index is -0.321. The SMILES string of the molecule is Cc1nc(COc2ccccc2C=CC(=O)NCc2cccc(F)c2)cs1. The third-order valence-electron chi connectivity index (χ3n) is 3.73. The maximum absolute atomic E-state index is 13.2. The van der Waals surface area contributed by atoms with Crippen LogP contribution in [0.2, 0.25) is 0 Å². The van der Waals surface area contributed by atoms with Crippen LogP contribution in [0.1, 0.15) is 21.8 Å². The Kier molecular flexibility index (Phi) is 6.33. The fourth-order valence-electron chi connectivity index (χ4n) is 2.44. The molecule has 0 spiro atoms. The first-order valence-electron chi connectivity index (χ1n) is 8.43. The highest BCUT2D eigenvalue weighted by Gasteiger charge is 2.04. The molecule has 2 aromatic carbocycles. The molecule has 0 aliphatic rings. The van der Waals surface area contributed by atoms with Crippen molar-refractivity contribution in [3.63, 3.8) is 0 Å². The molecular formula is C21H19FN2O2S. The fourth-order valence-corrected chi connectivity index (χ4v) is 3.03. The Hall–Kier alpha value is -2.99. The number of aromatic nitrogens is 1. The number of ether oxygens (including phenoxy) is 1. The van der Waals surface area contributed by atoms with Crippen LogP contribution in [0.5, 0.6) is 5.75 Å². The molecule has 1 N–H and O–H groups in total. The highest BCUT2D eigenvalue weighted by atomic mass is 32.1. The van der Waals surface area contributed by atoms with E-state index >= 15 is 0 Å². The molecule has 0 atom stereocenters. The number of halogens is 1. The number of amides is 1. The maximum atomic E-state index is 13.2. The summed E-state index contributed by atoms with van der Waals surface area (Å²) in [5.41, 5.74) is 2.38. The van der Waals surface area contributed by atoms with Gasteiger partial charge in [-0.1, -0.05) is 30.3 Å². The maximum Gasteiger partial charge on any atom is 0.244 e. The van der Waals surface area contributed by atoms with Crippen molar-refractivity contribution >= 4 is 23.3 Å². The fraction of sp³-hybridized carbons (Fsp3) is 0.143. The van der Waals surface area contributed by atoms with E-state index in [1.807, 2.05) is 36.6 Å². The number of carbonyl (C=O) groups excluding carboxylic acids is 1. The summed E-state index contributed by atoms with van der Waals surface area (Å²) in [5, 5.41) is 5.70. The van der Waals surface area contributed by atoms with Gasteiger partial charge in [0.15, 0.2) is 0 Å². The van der Waals surface area contributed by atoms with Gasteiger partial charge in [-0.2, -0.15) is 0 Å². The lowest BCUT2D eigenvalue weighted by atomic mass is 10.2. The van der Waals surface area contributed by atoms with Crippen molar-refractivity contribution in [2.24, 2.45) is 0 Å². The molecule has 0 fully saturated rings. The van der Waals surface area contributed by atoms with Crippen LogP contribution in [-0.4, -0.2) is 10.9 Å². The van der Waals surface area contributed by atoms with Gasteiger partial charge in [-0.15, -0.1) is 11.3 Å². The van der Waals surface area contributed by atoms with Gasteiger partial charge in [-0.05, 0) is 36.8 Å².